The molecule has 0 saturated carbocycles. The summed E-state index contributed by atoms with van der Waals surface area (Å²) in [6.45, 7) is 5.83. The minimum atomic E-state index is -0.294. The fraction of sp³-hybridized carbons (Fsp3) is 0.409. The third-order valence-corrected chi connectivity index (χ3v) is 4.65. The van der Waals surface area contributed by atoms with Gasteiger partial charge in [0.15, 0.2) is 0 Å². The highest BCUT2D eigenvalue weighted by Gasteiger charge is 2.24. The largest absolute Gasteiger partial charge is 0.457 e. The van der Waals surface area contributed by atoms with Gasteiger partial charge in [-0.15, -0.1) is 5.06 Å². The fourth-order valence-electron chi connectivity index (χ4n) is 3.13. The maximum absolute atomic E-state index is 12.8. The number of carbonyl (C=O) groups excluding carboxylic acids is 1. The lowest BCUT2D eigenvalue weighted by Crippen LogP contribution is -2.30. The van der Waals surface area contributed by atoms with E-state index in [1.54, 1.807) is 0 Å². The number of carbonyl (C=O) groups is 1. The van der Waals surface area contributed by atoms with E-state index >= 15 is 0 Å². The molecule has 0 aliphatic carbocycles. The molecule has 2 aromatic rings. The van der Waals surface area contributed by atoms with Crippen molar-refractivity contribution in [2.45, 2.75) is 46.0 Å². The lowest BCUT2D eigenvalue weighted by atomic mass is 9.96. The van der Waals surface area contributed by atoms with Gasteiger partial charge < -0.3 is 9.57 Å². The second kappa shape index (κ2) is 8.86. The van der Waals surface area contributed by atoms with E-state index in [0.29, 0.717) is 12.0 Å². The molecule has 26 heavy (non-hydrogen) atoms. The average Bonchev–Trinajstić information content (AvgIpc) is 2.67. The predicted molar refractivity (Wildman–Crippen MR) is 103 cm³/mol. The third-order valence-electron chi connectivity index (χ3n) is 4.65. The Morgan fingerprint density at radius 3 is 2.42 bits per heavy atom. The van der Waals surface area contributed by atoms with Gasteiger partial charge in [-0.3, -0.25) is 0 Å². The quantitative estimate of drug-likeness (QED) is 0.511. The van der Waals surface area contributed by atoms with Crippen molar-refractivity contribution >= 4 is 5.97 Å². The summed E-state index contributed by atoms with van der Waals surface area (Å²) in [6.07, 6.45) is 4.86. The molecule has 0 radical (unpaired) electrons. The molecule has 4 heteroatoms. The van der Waals surface area contributed by atoms with Crippen molar-refractivity contribution in [3.63, 3.8) is 0 Å². The second-order valence-electron chi connectivity index (χ2n) is 6.68. The predicted octanol–water partition coefficient (Wildman–Crippen LogP) is 5.36. The fourth-order valence-corrected chi connectivity index (χ4v) is 3.13. The second-order valence-corrected chi connectivity index (χ2v) is 6.68. The Kier molecular flexibility index (Phi) is 6.29. The maximum atomic E-state index is 12.8. The van der Waals surface area contributed by atoms with E-state index in [9.17, 15) is 4.79 Å². The molecular formula is C22H27NO3. The molecule has 4 nitrogen and oxygen atoms in total. The normalized spacial score (nSPS) is 12.3. The highest BCUT2D eigenvalue weighted by Crippen LogP contribution is 2.38. The van der Waals surface area contributed by atoms with Gasteiger partial charge in [0.2, 0.25) is 0 Å². The number of hydrogen-bond acceptors (Lipinski definition) is 4. The molecule has 0 amide bonds. The molecule has 0 N–H and O–H groups in total. The molecule has 1 aliphatic rings. The Labute approximate surface area is 155 Å². The summed E-state index contributed by atoms with van der Waals surface area (Å²) in [6, 6.07) is 13.5. The Balaban J connectivity index is 1.78. The molecule has 0 atom stereocenters. The molecule has 0 saturated heterocycles. The number of hydroxylamine groups is 2. The molecule has 2 aromatic carbocycles. The lowest BCUT2D eigenvalue weighted by molar-refractivity contribution is -0.111. The van der Waals surface area contributed by atoms with E-state index in [0.717, 1.165) is 61.4 Å². The van der Waals surface area contributed by atoms with Crippen molar-refractivity contribution in [2.75, 3.05) is 13.1 Å². The SMILES string of the molecule is CCCCN(CCCC)OC(=O)c1cccc2c1Cc1ccccc1O2. The summed E-state index contributed by atoms with van der Waals surface area (Å²) in [5, 5.41) is 1.81. The van der Waals surface area contributed by atoms with Gasteiger partial charge in [0, 0.05) is 25.1 Å². The molecule has 1 heterocycles. The highest BCUT2D eigenvalue weighted by atomic mass is 16.7. The topological polar surface area (TPSA) is 38.8 Å². The van der Waals surface area contributed by atoms with Crippen LogP contribution in [0.2, 0.25) is 0 Å². The number of nitrogens with zero attached hydrogens (tertiary/aromatic N) is 1. The molecule has 138 valence electrons. The number of unbranched alkanes of at least 4 members (excludes halogenated alkanes) is 2. The Morgan fingerprint density at radius 2 is 1.69 bits per heavy atom. The number of fused-ring (bicyclic) bond motifs is 2. The average molecular weight is 353 g/mol. The summed E-state index contributed by atoms with van der Waals surface area (Å²) in [5.41, 5.74) is 2.59. The first-order valence-corrected chi connectivity index (χ1v) is 9.57. The number of para-hydroxylation sites is 1. The van der Waals surface area contributed by atoms with Crippen LogP contribution in [0.4, 0.5) is 0 Å². The van der Waals surface area contributed by atoms with Crippen LogP contribution in [0.25, 0.3) is 0 Å². The van der Waals surface area contributed by atoms with E-state index in [-0.39, 0.29) is 5.97 Å². The molecule has 0 bridgehead atoms. The van der Waals surface area contributed by atoms with Gasteiger partial charge in [0.25, 0.3) is 0 Å². The maximum Gasteiger partial charge on any atom is 0.357 e. The van der Waals surface area contributed by atoms with Gasteiger partial charge in [-0.1, -0.05) is 51.0 Å². The standard InChI is InChI=1S/C22H27NO3/c1-3-5-14-23(15-6-4-2)26-22(24)18-11-9-13-21-19(18)16-17-10-7-8-12-20(17)25-21/h7-13H,3-6,14-16H2,1-2H3. The number of rotatable bonds is 8. The summed E-state index contributed by atoms with van der Waals surface area (Å²) in [4.78, 5) is 18.6. The first-order chi connectivity index (χ1) is 12.7. The van der Waals surface area contributed by atoms with Crippen LogP contribution in [0, 0.1) is 0 Å². The van der Waals surface area contributed by atoms with Crippen LogP contribution in [0.1, 0.15) is 61.0 Å². The van der Waals surface area contributed by atoms with Crippen molar-refractivity contribution in [3.05, 3.63) is 59.2 Å². The van der Waals surface area contributed by atoms with Gasteiger partial charge >= 0.3 is 5.97 Å². The summed E-state index contributed by atoms with van der Waals surface area (Å²) in [7, 11) is 0. The zero-order valence-corrected chi connectivity index (χ0v) is 15.7. The van der Waals surface area contributed by atoms with Gasteiger partial charge in [0.1, 0.15) is 11.5 Å². The first kappa shape index (κ1) is 18.5. The third kappa shape index (κ3) is 4.25. The smallest absolute Gasteiger partial charge is 0.357 e. The molecule has 0 unspecified atom stereocenters. The van der Waals surface area contributed by atoms with Gasteiger partial charge in [0.05, 0.1) is 5.56 Å². The first-order valence-electron chi connectivity index (χ1n) is 9.57. The highest BCUT2D eigenvalue weighted by molar-refractivity contribution is 5.92. The van der Waals surface area contributed by atoms with Crippen molar-refractivity contribution in [3.8, 4) is 11.5 Å². The van der Waals surface area contributed by atoms with Crippen molar-refractivity contribution < 1.29 is 14.4 Å². The van der Waals surface area contributed by atoms with Crippen LogP contribution in [0.3, 0.4) is 0 Å². The number of ether oxygens (including phenoxy) is 1. The molecule has 1 aliphatic heterocycles. The van der Waals surface area contributed by atoms with Gasteiger partial charge in [-0.05, 0) is 36.6 Å². The number of hydrogen-bond donors (Lipinski definition) is 0. The van der Waals surface area contributed by atoms with Crippen molar-refractivity contribution in [2.24, 2.45) is 0 Å². The van der Waals surface area contributed by atoms with Gasteiger partial charge in [-0.2, -0.15) is 0 Å². The molecule has 0 fully saturated rings. The van der Waals surface area contributed by atoms with Crippen LogP contribution < -0.4 is 4.74 Å². The van der Waals surface area contributed by atoms with Crippen LogP contribution in [-0.2, 0) is 11.3 Å². The minimum Gasteiger partial charge on any atom is -0.457 e. The molecular weight excluding hydrogens is 326 g/mol. The summed E-state index contributed by atoms with van der Waals surface area (Å²) in [5.74, 6) is 1.31. The van der Waals surface area contributed by atoms with E-state index < -0.39 is 0 Å². The summed E-state index contributed by atoms with van der Waals surface area (Å²) >= 11 is 0. The Morgan fingerprint density at radius 1 is 1.00 bits per heavy atom. The van der Waals surface area contributed by atoms with Crippen LogP contribution in [-0.4, -0.2) is 24.1 Å². The Bertz CT molecular complexity index is 749. The van der Waals surface area contributed by atoms with Crippen LogP contribution in [0.15, 0.2) is 42.5 Å². The lowest BCUT2D eigenvalue weighted by Gasteiger charge is -2.24. The van der Waals surface area contributed by atoms with E-state index in [1.165, 1.54) is 0 Å². The van der Waals surface area contributed by atoms with E-state index in [4.69, 9.17) is 9.57 Å². The van der Waals surface area contributed by atoms with E-state index in [2.05, 4.69) is 13.8 Å². The monoisotopic (exact) mass is 353 g/mol. The Hall–Kier alpha value is -2.33. The van der Waals surface area contributed by atoms with Crippen LogP contribution in [0.5, 0.6) is 11.5 Å². The molecule has 0 spiro atoms. The molecule has 3 rings (SSSR count). The van der Waals surface area contributed by atoms with Crippen LogP contribution >= 0.6 is 0 Å². The summed E-state index contributed by atoms with van der Waals surface area (Å²) < 4.78 is 5.98. The zero-order valence-electron chi connectivity index (χ0n) is 15.7. The minimum absolute atomic E-state index is 0.294. The molecule has 0 aromatic heterocycles. The van der Waals surface area contributed by atoms with Crippen molar-refractivity contribution in [1.82, 2.24) is 5.06 Å². The van der Waals surface area contributed by atoms with Gasteiger partial charge in [-0.25, -0.2) is 4.79 Å². The van der Waals surface area contributed by atoms with Crippen molar-refractivity contribution in [1.29, 1.82) is 0 Å². The van der Waals surface area contributed by atoms with E-state index in [1.807, 2.05) is 47.5 Å². The zero-order chi connectivity index (χ0) is 18.4. The number of benzene rings is 2.